The molecule has 112 valence electrons. The Morgan fingerprint density at radius 2 is 2.05 bits per heavy atom. The van der Waals surface area contributed by atoms with Crippen LogP contribution >= 0.6 is 0 Å². The fraction of sp³-hybridized carbons (Fsp3) is 0.438. The number of benzene rings is 1. The van der Waals surface area contributed by atoms with Gasteiger partial charge in [-0.3, -0.25) is 4.79 Å². The van der Waals surface area contributed by atoms with Crippen molar-refractivity contribution in [2.24, 2.45) is 5.73 Å². The van der Waals surface area contributed by atoms with E-state index in [-0.39, 0.29) is 5.91 Å². The van der Waals surface area contributed by atoms with Crippen molar-refractivity contribution >= 4 is 16.9 Å². The fourth-order valence-electron chi connectivity index (χ4n) is 2.89. The molecule has 2 N–H and O–H groups in total. The van der Waals surface area contributed by atoms with Crippen molar-refractivity contribution in [2.45, 2.75) is 6.42 Å². The van der Waals surface area contributed by atoms with Crippen LogP contribution in [0.15, 0.2) is 34.9 Å². The van der Waals surface area contributed by atoms with Gasteiger partial charge in [0.1, 0.15) is 11.8 Å². The molecule has 0 saturated carbocycles. The van der Waals surface area contributed by atoms with E-state index in [9.17, 15) is 4.79 Å². The van der Waals surface area contributed by atoms with E-state index in [1.807, 2.05) is 29.2 Å². The number of nitrogens with two attached hydrogens (primary N) is 1. The second kappa shape index (κ2) is 6.28. The van der Waals surface area contributed by atoms with Gasteiger partial charge in [0, 0.05) is 38.1 Å². The molecule has 5 heteroatoms. The smallest absolute Gasteiger partial charge is 0.257 e. The van der Waals surface area contributed by atoms with Crippen LogP contribution in [0.5, 0.6) is 0 Å². The molecule has 3 rings (SSSR count). The van der Waals surface area contributed by atoms with Crippen molar-refractivity contribution in [3.8, 4) is 0 Å². The molecule has 2 heterocycles. The molecule has 0 atom stereocenters. The molecule has 5 nitrogen and oxygen atoms in total. The van der Waals surface area contributed by atoms with Gasteiger partial charge in [0.25, 0.3) is 5.91 Å². The molecule has 0 bridgehead atoms. The van der Waals surface area contributed by atoms with Crippen LogP contribution in [0.1, 0.15) is 16.8 Å². The number of carbonyl (C=O) groups is 1. The zero-order valence-electron chi connectivity index (χ0n) is 12.1. The van der Waals surface area contributed by atoms with Crippen LogP contribution in [0, 0.1) is 0 Å². The minimum atomic E-state index is 0.0644. The summed E-state index contributed by atoms with van der Waals surface area (Å²) in [5.41, 5.74) is 7.04. The molecule has 2 aromatic rings. The number of fused-ring (bicyclic) bond motifs is 1. The predicted octanol–water partition coefficient (Wildman–Crippen LogP) is 1.54. The van der Waals surface area contributed by atoms with Gasteiger partial charge in [-0.1, -0.05) is 18.2 Å². The maximum atomic E-state index is 12.7. The van der Waals surface area contributed by atoms with E-state index in [0.717, 1.165) is 50.1 Å². The first kappa shape index (κ1) is 14.1. The maximum absolute atomic E-state index is 12.7. The number of amides is 1. The van der Waals surface area contributed by atoms with Crippen LogP contribution in [-0.4, -0.2) is 55.0 Å². The van der Waals surface area contributed by atoms with Crippen molar-refractivity contribution < 1.29 is 9.21 Å². The standard InChI is InChI=1S/C16H21N3O2/c17-6-9-18-7-3-8-19(11-10-18)16(20)14-12-21-15-5-2-1-4-13(14)15/h1-2,4-5,12H,3,6-11,17H2. The van der Waals surface area contributed by atoms with Crippen molar-refractivity contribution in [1.29, 1.82) is 0 Å². The number of furan rings is 1. The van der Waals surface area contributed by atoms with Gasteiger partial charge in [0.05, 0.1) is 5.56 Å². The summed E-state index contributed by atoms with van der Waals surface area (Å²) in [5.74, 6) is 0.0644. The predicted molar refractivity (Wildman–Crippen MR) is 82.2 cm³/mol. The maximum Gasteiger partial charge on any atom is 0.257 e. The lowest BCUT2D eigenvalue weighted by Crippen LogP contribution is -2.36. The van der Waals surface area contributed by atoms with E-state index in [1.54, 1.807) is 6.26 Å². The molecule has 0 aliphatic carbocycles. The quantitative estimate of drug-likeness (QED) is 0.930. The van der Waals surface area contributed by atoms with Crippen molar-refractivity contribution in [3.05, 3.63) is 36.1 Å². The minimum absolute atomic E-state index is 0.0644. The second-order valence-electron chi connectivity index (χ2n) is 5.42. The summed E-state index contributed by atoms with van der Waals surface area (Å²) in [7, 11) is 0. The average Bonchev–Trinajstić information content (AvgIpc) is 2.80. The number of para-hydroxylation sites is 1. The van der Waals surface area contributed by atoms with Crippen molar-refractivity contribution in [1.82, 2.24) is 9.80 Å². The normalized spacial score (nSPS) is 17.1. The first-order valence-corrected chi connectivity index (χ1v) is 7.47. The molecule has 0 radical (unpaired) electrons. The van der Waals surface area contributed by atoms with E-state index in [0.29, 0.717) is 12.1 Å². The van der Waals surface area contributed by atoms with Gasteiger partial charge in [-0.2, -0.15) is 0 Å². The van der Waals surface area contributed by atoms with Crippen LogP contribution in [-0.2, 0) is 0 Å². The third-order valence-corrected chi connectivity index (χ3v) is 4.03. The molecule has 1 fully saturated rings. The number of nitrogens with zero attached hydrogens (tertiary/aromatic N) is 2. The molecule has 1 aliphatic heterocycles. The number of carbonyl (C=O) groups excluding carboxylic acids is 1. The Morgan fingerprint density at radius 3 is 2.90 bits per heavy atom. The molecule has 1 saturated heterocycles. The SMILES string of the molecule is NCCN1CCCN(C(=O)c2coc3ccccc23)CC1. The molecular formula is C16H21N3O2. The third kappa shape index (κ3) is 2.94. The topological polar surface area (TPSA) is 62.7 Å². The minimum Gasteiger partial charge on any atom is -0.463 e. The zero-order valence-corrected chi connectivity index (χ0v) is 12.1. The van der Waals surface area contributed by atoms with Gasteiger partial charge in [0.2, 0.25) is 0 Å². The zero-order chi connectivity index (χ0) is 14.7. The Morgan fingerprint density at radius 1 is 1.19 bits per heavy atom. The summed E-state index contributed by atoms with van der Waals surface area (Å²) in [5, 5.41) is 0.894. The fourth-order valence-corrected chi connectivity index (χ4v) is 2.89. The molecule has 1 aromatic heterocycles. The summed E-state index contributed by atoms with van der Waals surface area (Å²) in [6.07, 6.45) is 2.57. The first-order valence-electron chi connectivity index (χ1n) is 7.47. The Balaban J connectivity index is 1.76. The highest BCUT2D eigenvalue weighted by atomic mass is 16.3. The lowest BCUT2D eigenvalue weighted by Gasteiger charge is -2.21. The van der Waals surface area contributed by atoms with Crippen LogP contribution < -0.4 is 5.73 Å². The summed E-state index contributed by atoms with van der Waals surface area (Å²) >= 11 is 0. The molecular weight excluding hydrogens is 266 g/mol. The molecule has 1 aliphatic rings. The Hall–Kier alpha value is -1.85. The molecule has 21 heavy (non-hydrogen) atoms. The molecule has 1 aromatic carbocycles. The van der Waals surface area contributed by atoms with Gasteiger partial charge in [-0.15, -0.1) is 0 Å². The van der Waals surface area contributed by atoms with E-state index in [1.165, 1.54) is 0 Å². The third-order valence-electron chi connectivity index (χ3n) is 4.03. The van der Waals surface area contributed by atoms with Crippen molar-refractivity contribution in [3.63, 3.8) is 0 Å². The van der Waals surface area contributed by atoms with Crippen LogP contribution in [0.2, 0.25) is 0 Å². The number of hydrogen-bond acceptors (Lipinski definition) is 4. The van der Waals surface area contributed by atoms with Crippen molar-refractivity contribution in [2.75, 3.05) is 39.3 Å². The van der Waals surface area contributed by atoms with Crippen LogP contribution in [0.4, 0.5) is 0 Å². The van der Waals surface area contributed by atoms with Gasteiger partial charge in [-0.05, 0) is 19.0 Å². The molecule has 0 unspecified atom stereocenters. The summed E-state index contributed by atoms with van der Waals surface area (Å²) in [6, 6.07) is 7.67. The Labute approximate surface area is 124 Å². The Bertz CT molecular complexity index is 623. The lowest BCUT2D eigenvalue weighted by atomic mass is 10.1. The highest BCUT2D eigenvalue weighted by molar-refractivity contribution is 6.05. The molecule has 1 amide bonds. The van der Waals surface area contributed by atoms with Crippen LogP contribution in [0.25, 0.3) is 11.0 Å². The summed E-state index contributed by atoms with van der Waals surface area (Å²) in [6.45, 7) is 5.00. The summed E-state index contributed by atoms with van der Waals surface area (Å²) < 4.78 is 5.48. The number of hydrogen-bond donors (Lipinski definition) is 1. The van der Waals surface area contributed by atoms with E-state index >= 15 is 0 Å². The lowest BCUT2D eigenvalue weighted by molar-refractivity contribution is 0.0762. The highest BCUT2D eigenvalue weighted by Gasteiger charge is 2.22. The van der Waals surface area contributed by atoms with Gasteiger partial charge >= 0.3 is 0 Å². The van der Waals surface area contributed by atoms with Gasteiger partial charge in [0.15, 0.2) is 0 Å². The first-order chi connectivity index (χ1) is 10.3. The highest BCUT2D eigenvalue weighted by Crippen LogP contribution is 2.22. The van der Waals surface area contributed by atoms with Crippen LogP contribution in [0.3, 0.4) is 0 Å². The monoisotopic (exact) mass is 287 g/mol. The van der Waals surface area contributed by atoms with E-state index < -0.39 is 0 Å². The van der Waals surface area contributed by atoms with Gasteiger partial charge in [-0.25, -0.2) is 0 Å². The van der Waals surface area contributed by atoms with E-state index in [2.05, 4.69) is 4.90 Å². The second-order valence-corrected chi connectivity index (χ2v) is 5.42. The summed E-state index contributed by atoms with van der Waals surface area (Å²) in [4.78, 5) is 17.0. The average molecular weight is 287 g/mol. The largest absolute Gasteiger partial charge is 0.463 e. The molecule has 0 spiro atoms. The van der Waals surface area contributed by atoms with E-state index in [4.69, 9.17) is 10.2 Å². The van der Waals surface area contributed by atoms with Gasteiger partial charge < -0.3 is 20.0 Å². The Kier molecular flexibility index (Phi) is 4.22. The number of rotatable bonds is 3.